The lowest BCUT2D eigenvalue weighted by Gasteiger charge is -2.36. The number of anilines is 1. The minimum atomic E-state index is -0.231. The first-order valence-corrected chi connectivity index (χ1v) is 11.4. The average Bonchev–Trinajstić information content (AvgIpc) is 2.81. The molecule has 2 amide bonds. The van der Waals surface area contributed by atoms with Crippen molar-refractivity contribution in [1.82, 2.24) is 20.2 Å². The fourth-order valence-electron chi connectivity index (χ4n) is 4.06. The molecule has 0 atom stereocenters. The SMILES string of the molecule is Cc1nc(-c2ccccc2)nc(N2CCN(C(=O)NC(C)C)CC2)c1Cc1ccccc1F. The lowest BCUT2D eigenvalue weighted by atomic mass is 10.0. The Hall–Kier alpha value is -3.48. The van der Waals surface area contributed by atoms with Crippen LogP contribution in [0.15, 0.2) is 54.6 Å². The molecule has 2 heterocycles. The minimum Gasteiger partial charge on any atom is -0.353 e. The van der Waals surface area contributed by atoms with Crippen LogP contribution in [0.2, 0.25) is 0 Å². The molecule has 33 heavy (non-hydrogen) atoms. The summed E-state index contributed by atoms with van der Waals surface area (Å²) >= 11 is 0. The average molecular weight is 448 g/mol. The number of rotatable bonds is 5. The van der Waals surface area contributed by atoms with Crippen LogP contribution in [0.1, 0.15) is 30.7 Å². The molecule has 0 radical (unpaired) electrons. The van der Waals surface area contributed by atoms with E-state index in [0.717, 1.165) is 22.6 Å². The maximum absolute atomic E-state index is 14.5. The molecule has 3 aromatic rings. The predicted octanol–water partition coefficient (Wildman–Crippen LogP) is 4.42. The van der Waals surface area contributed by atoms with Crippen molar-refractivity contribution in [3.8, 4) is 11.4 Å². The van der Waals surface area contributed by atoms with E-state index in [0.29, 0.717) is 44.0 Å². The minimum absolute atomic E-state index is 0.0416. The van der Waals surface area contributed by atoms with Crippen molar-refractivity contribution in [2.24, 2.45) is 0 Å². The maximum atomic E-state index is 14.5. The van der Waals surface area contributed by atoms with E-state index in [-0.39, 0.29) is 17.9 Å². The van der Waals surface area contributed by atoms with E-state index >= 15 is 0 Å². The van der Waals surface area contributed by atoms with E-state index in [4.69, 9.17) is 9.97 Å². The molecule has 1 aromatic heterocycles. The molecule has 1 aliphatic rings. The Morgan fingerprint density at radius 2 is 1.67 bits per heavy atom. The van der Waals surface area contributed by atoms with Gasteiger partial charge in [0.1, 0.15) is 11.6 Å². The van der Waals surface area contributed by atoms with Gasteiger partial charge < -0.3 is 15.1 Å². The Balaban J connectivity index is 1.66. The van der Waals surface area contributed by atoms with Gasteiger partial charge in [-0.3, -0.25) is 0 Å². The molecule has 7 heteroatoms. The van der Waals surface area contributed by atoms with Gasteiger partial charge in [-0.1, -0.05) is 48.5 Å². The number of urea groups is 1. The van der Waals surface area contributed by atoms with Gasteiger partial charge >= 0.3 is 6.03 Å². The second kappa shape index (κ2) is 9.98. The van der Waals surface area contributed by atoms with Crippen LogP contribution in [0.5, 0.6) is 0 Å². The van der Waals surface area contributed by atoms with Gasteiger partial charge in [0.05, 0.1) is 0 Å². The van der Waals surface area contributed by atoms with E-state index in [2.05, 4.69) is 10.2 Å². The van der Waals surface area contributed by atoms with E-state index in [9.17, 15) is 9.18 Å². The molecule has 172 valence electrons. The number of aromatic nitrogens is 2. The molecule has 1 N–H and O–H groups in total. The van der Waals surface area contributed by atoms with Gasteiger partial charge in [0, 0.05) is 55.5 Å². The summed E-state index contributed by atoms with van der Waals surface area (Å²) in [5.41, 5.74) is 3.31. The number of aryl methyl sites for hydroxylation is 1. The van der Waals surface area contributed by atoms with Crippen molar-refractivity contribution in [1.29, 1.82) is 0 Å². The Labute approximate surface area is 194 Å². The molecular weight excluding hydrogens is 417 g/mol. The number of halogens is 1. The van der Waals surface area contributed by atoms with Gasteiger partial charge in [0.25, 0.3) is 0 Å². The Bertz CT molecular complexity index is 1110. The van der Waals surface area contributed by atoms with Crippen molar-refractivity contribution < 1.29 is 9.18 Å². The number of piperazine rings is 1. The quantitative estimate of drug-likeness (QED) is 0.629. The third-order valence-corrected chi connectivity index (χ3v) is 5.83. The standard InChI is InChI=1S/C26H30FN5O/c1-18(2)28-26(33)32-15-13-31(14-16-32)25-22(17-21-11-7-8-12-23(21)27)19(3)29-24(30-25)20-9-5-4-6-10-20/h4-12,18H,13-17H2,1-3H3,(H,28,33). The molecule has 0 bridgehead atoms. The van der Waals surface area contributed by atoms with Crippen LogP contribution in [-0.2, 0) is 6.42 Å². The number of benzene rings is 2. The fourth-order valence-corrected chi connectivity index (χ4v) is 4.06. The summed E-state index contributed by atoms with van der Waals surface area (Å²) in [7, 11) is 0. The maximum Gasteiger partial charge on any atom is 0.317 e. The van der Waals surface area contributed by atoms with Gasteiger partial charge in [0.15, 0.2) is 5.82 Å². The second-order valence-corrected chi connectivity index (χ2v) is 8.65. The van der Waals surface area contributed by atoms with Gasteiger partial charge in [0.2, 0.25) is 0 Å². The highest BCUT2D eigenvalue weighted by atomic mass is 19.1. The molecule has 0 aliphatic carbocycles. The van der Waals surface area contributed by atoms with Crippen molar-refractivity contribution in [3.05, 3.63) is 77.2 Å². The van der Waals surface area contributed by atoms with Crippen LogP contribution in [0.3, 0.4) is 0 Å². The Morgan fingerprint density at radius 1 is 1.00 bits per heavy atom. The monoisotopic (exact) mass is 447 g/mol. The van der Waals surface area contributed by atoms with Crippen molar-refractivity contribution in [3.63, 3.8) is 0 Å². The summed E-state index contributed by atoms with van der Waals surface area (Å²) in [6.45, 7) is 8.37. The summed E-state index contributed by atoms with van der Waals surface area (Å²) in [6, 6.07) is 16.8. The van der Waals surface area contributed by atoms with Crippen molar-refractivity contribution >= 4 is 11.8 Å². The molecule has 0 spiro atoms. The number of carbonyl (C=O) groups excluding carboxylic acids is 1. The normalized spacial score (nSPS) is 14.0. The first-order valence-electron chi connectivity index (χ1n) is 11.4. The second-order valence-electron chi connectivity index (χ2n) is 8.65. The molecular formula is C26H30FN5O. The third kappa shape index (κ3) is 5.30. The predicted molar refractivity (Wildman–Crippen MR) is 129 cm³/mol. The summed E-state index contributed by atoms with van der Waals surface area (Å²) < 4.78 is 14.5. The van der Waals surface area contributed by atoms with E-state index in [1.807, 2.05) is 62.1 Å². The first kappa shape index (κ1) is 22.7. The molecule has 6 nitrogen and oxygen atoms in total. The van der Waals surface area contributed by atoms with Crippen LogP contribution >= 0.6 is 0 Å². The summed E-state index contributed by atoms with van der Waals surface area (Å²) in [5, 5.41) is 2.96. The molecule has 2 aromatic carbocycles. The Kier molecular flexibility index (Phi) is 6.87. The molecule has 1 aliphatic heterocycles. The number of amides is 2. The largest absolute Gasteiger partial charge is 0.353 e. The van der Waals surface area contributed by atoms with Crippen LogP contribution in [0, 0.1) is 12.7 Å². The van der Waals surface area contributed by atoms with Crippen LogP contribution in [0.25, 0.3) is 11.4 Å². The fraction of sp³-hybridized carbons (Fsp3) is 0.346. The number of carbonyl (C=O) groups is 1. The molecule has 1 fully saturated rings. The van der Waals surface area contributed by atoms with Gasteiger partial charge in [-0.05, 0) is 32.4 Å². The third-order valence-electron chi connectivity index (χ3n) is 5.83. The van der Waals surface area contributed by atoms with Crippen LogP contribution in [0.4, 0.5) is 15.0 Å². The van der Waals surface area contributed by atoms with Crippen LogP contribution < -0.4 is 10.2 Å². The summed E-state index contributed by atoms with van der Waals surface area (Å²) in [6.07, 6.45) is 0.414. The number of hydrogen-bond donors (Lipinski definition) is 1. The lowest BCUT2D eigenvalue weighted by Crippen LogP contribution is -2.53. The van der Waals surface area contributed by atoms with Crippen molar-refractivity contribution in [2.75, 3.05) is 31.1 Å². The zero-order valence-corrected chi connectivity index (χ0v) is 19.4. The smallest absolute Gasteiger partial charge is 0.317 e. The zero-order chi connectivity index (χ0) is 23.4. The molecule has 1 saturated heterocycles. The highest BCUT2D eigenvalue weighted by Crippen LogP contribution is 2.29. The van der Waals surface area contributed by atoms with E-state index < -0.39 is 0 Å². The first-order chi connectivity index (χ1) is 15.9. The zero-order valence-electron chi connectivity index (χ0n) is 19.4. The van der Waals surface area contributed by atoms with Crippen molar-refractivity contribution in [2.45, 2.75) is 33.2 Å². The summed E-state index contributed by atoms with van der Waals surface area (Å²) in [5.74, 6) is 1.24. The van der Waals surface area contributed by atoms with Crippen LogP contribution in [-0.4, -0.2) is 53.1 Å². The Morgan fingerprint density at radius 3 is 2.33 bits per heavy atom. The van der Waals surface area contributed by atoms with Gasteiger partial charge in [-0.2, -0.15) is 0 Å². The lowest BCUT2D eigenvalue weighted by molar-refractivity contribution is 0.191. The summed E-state index contributed by atoms with van der Waals surface area (Å²) in [4.78, 5) is 26.2. The van der Waals surface area contributed by atoms with E-state index in [1.54, 1.807) is 12.1 Å². The highest BCUT2D eigenvalue weighted by Gasteiger charge is 2.26. The number of nitrogens with one attached hydrogen (secondary N) is 1. The number of nitrogens with zero attached hydrogens (tertiary/aromatic N) is 4. The molecule has 0 saturated carbocycles. The topological polar surface area (TPSA) is 61.4 Å². The molecule has 0 unspecified atom stereocenters. The van der Waals surface area contributed by atoms with E-state index in [1.165, 1.54) is 6.07 Å². The number of hydrogen-bond acceptors (Lipinski definition) is 4. The molecule has 4 rings (SSSR count). The van der Waals surface area contributed by atoms with Gasteiger partial charge in [-0.15, -0.1) is 0 Å². The highest BCUT2D eigenvalue weighted by molar-refractivity contribution is 5.75. The van der Waals surface area contributed by atoms with Gasteiger partial charge in [-0.25, -0.2) is 19.2 Å².